The minimum atomic E-state index is -0.147. The van der Waals surface area contributed by atoms with Crippen molar-refractivity contribution in [1.29, 1.82) is 0 Å². The van der Waals surface area contributed by atoms with Gasteiger partial charge in [-0.15, -0.1) is 0 Å². The number of benzene rings is 1. The zero-order chi connectivity index (χ0) is 18.5. The Kier molecular flexibility index (Phi) is 5.26. The molecule has 0 saturated heterocycles. The van der Waals surface area contributed by atoms with E-state index in [2.05, 4.69) is 20.4 Å². The number of carbonyl (C=O) groups excluding carboxylic acids is 1. The van der Waals surface area contributed by atoms with Gasteiger partial charge in [-0.2, -0.15) is 5.10 Å². The van der Waals surface area contributed by atoms with Crippen molar-refractivity contribution in [2.24, 2.45) is 0 Å². The van der Waals surface area contributed by atoms with E-state index in [9.17, 15) is 4.79 Å². The number of hydrogen-bond donors (Lipinski definition) is 1. The van der Waals surface area contributed by atoms with E-state index in [0.717, 1.165) is 17.0 Å². The molecular formula is C19H21N5O2. The topological polar surface area (TPSA) is 81.9 Å². The van der Waals surface area contributed by atoms with Crippen LogP contribution in [0.2, 0.25) is 0 Å². The Morgan fingerprint density at radius 3 is 2.88 bits per heavy atom. The van der Waals surface area contributed by atoms with Gasteiger partial charge in [0.2, 0.25) is 0 Å². The summed E-state index contributed by atoms with van der Waals surface area (Å²) in [5.41, 5.74) is 3.01. The van der Waals surface area contributed by atoms with Crippen molar-refractivity contribution < 1.29 is 9.53 Å². The summed E-state index contributed by atoms with van der Waals surface area (Å²) in [5.74, 6) is 0.527. The highest BCUT2D eigenvalue weighted by molar-refractivity contribution is 5.95. The van der Waals surface area contributed by atoms with Gasteiger partial charge < -0.3 is 10.1 Å². The van der Waals surface area contributed by atoms with Gasteiger partial charge in [-0.1, -0.05) is 12.1 Å². The van der Waals surface area contributed by atoms with Crippen molar-refractivity contribution in [2.75, 3.05) is 7.11 Å². The summed E-state index contributed by atoms with van der Waals surface area (Å²) in [6.45, 7) is 4.40. The van der Waals surface area contributed by atoms with Crippen LogP contribution in [-0.2, 0) is 6.54 Å². The van der Waals surface area contributed by atoms with Gasteiger partial charge in [-0.05, 0) is 38.1 Å². The van der Waals surface area contributed by atoms with Crippen molar-refractivity contribution in [2.45, 2.75) is 26.4 Å². The molecule has 7 heteroatoms. The van der Waals surface area contributed by atoms with E-state index in [1.807, 2.05) is 44.2 Å². The first-order valence-corrected chi connectivity index (χ1v) is 8.32. The van der Waals surface area contributed by atoms with E-state index in [-0.39, 0.29) is 11.9 Å². The summed E-state index contributed by atoms with van der Waals surface area (Å²) in [5, 5.41) is 7.02. The quantitative estimate of drug-likeness (QED) is 0.738. The standard InChI is InChI=1S/C19H21N5O2/c1-13-7-8-17(26-3)18(22-13)15-5-4-6-16(9-15)19(25)23-14(2)10-24-12-20-11-21-24/h4-9,11-12,14H,10H2,1-3H3,(H,23,25)/t14-/m0/s1. The Morgan fingerprint density at radius 1 is 1.31 bits per heavy atom. The summed E-state index contributed by atoms with van der Waals surface area (Å²) in [6, 6.07) is 11.1. The molecule has 2 aromatic heterocycles. The van der Waals surface area contributed by atoms with Gasteiger partial charge in [0, 0.05) is 22.9 Å². The maximum atomic E-state index is 12.6. The average Bonchev–Trinajstić information content (AvgIpc) is 3.14. The van der Waals surface area contributed by atoms with Crippen molar-refractivity contribution in [3.05, 3.63) is 60.3 Å². The number of rotatable bonds is 6. The molecule has 134 valence electrons. The normalized spacial score (nSPS) is 11.8. The van der Waals surface area contributed by atoms with Crippen LogP contribution in [0.5, 0.6) is 5.75 Å². The third-order valence-electron chi connectivity index (χ3n) is 3.92. The van der Waals surface area contributed by atoms with Crippen LogP contribution < -0.4 is 10.1 Å². The van der Waals surface area contributed by atoms with E-state index in [4.69, 9.17) is 4.74 Å². The molecule has 2 heterocycles. The first kappa shape index (κ1) is 17.6. The lowest BCUT2D eigenvalue weighted by atomic mass is 10.1. The minimum absolute atomic E-state index is 0.0838. The second kappa shape index (κ2) is 7.77. The van der Waals surface area contributed by atoms with Crippen LogP contribution in [0.1, 0.15) is 23.0 Å². The van der Waals surface area contributed by atoms with E-state index < -0.39 is 0 Å². The van der Waals surface area contributed by atoms with Gasteiger partial charge in [-0.3, -0.25) is 9.48 Å². The fourth-order valence-electron chi connectivity index (χ4n) is 2.68. The lowest BCUT2D eigenvalue weighted by molar-refractivity contribution is 0.0936. The number of pyridine rings is 1. The Labute approximate surface area is 152 Å². The molecule has 7 nitrogen and oxygen atoms in total. The maximum absolute atomic E-state index is 12.6. The van der Waals surface area contributed by atoms with E-state index in [0.29, 0.717) is 17.9 Å². The van der Waals surface area contributed by atoms with Crippen LogP contribution in [0.4, 0.5) is 0 Å². The van der Waals surface area contributed by atoms with Crippen molar-refractivity contribution >= 4 is 5.91 Å². The van der Waals surface area contributed by atoms with Crippen LogP contribution in [-0.4, -0.2) is 38.8 Å². The third-order valence-corrected chi connectivity index (χ3v) is 3.92. The molecule has 1 N–H and O–H groups in total. The molecule has 0 radical (unpaired) electrons. The van der Waals surface area contributed by atoms with E-state index >= 15 is 0 Å². The van der Waals surface area contributed by atoms with Crippen LogP contribution >= 0.6 is 0 Å². The molecule has 0 spiro atoms. The molecule has 0 saturated carbocycles. The Hall–Kier alpha value is -3.22. The van der Waals surface area contributed by atoms with Crippen LogP contribution in [0.15, 0.2) is 49.1 Å². The highest BCUT2D eigenvalue weighted by Crippen LogP contribution is 2.28. The zero-order valence-corrected chi connectivity index (χ0v) is 15.0. The summed E-state index contributed by atoms with van der Waals surface area (Å²) in [4.78, 5) is 21.0. The first-order chi connectivity index (χ1) is 12.6. The van der Waals surface area contributed by atoms with Gasteiger partial charge in [0.15, 0.2) is 0 Å². The summed E-state index contributed by atoms with van der Waals surface area (Å²) in [7, 11) is 1.61. The highest BCUT2D eigenvalue weighted by Gasteiger charge is 2.14. The Balaban J connectivity index is 1.78. The van der Waals surface area contributed by atoms with Crippen molar-refractivity contribution in [1.82, 2.24) is 25.1 Å². The molecule has 1 amide bonds. The molecule has 0 aliphatic heterocycles. The number of ether oxygens (including phenoxy) is 1. The zero-order valence-electron chi connectivity index (χ0n) is 15.0. The molecular weight excluding hydrogens is 330 g/mol. The molecule has 3 rings (SSSR count). The lowest BCUT2D eigenvalue weighted by Crippen LogP contribution is -2.35. The number of nitrogens with one attached hydrogen (secondary N) is 1. The lowest BCUT2D eigenvalue weighted by Gasteiger charge is -2.14. The monoisotopic (exact) mass is 351 g/mol. The second-order valence-corrected chi connectivity index (χ2v) is 6.08. The van der Waals surface area contributed by atoms with E-state index in [1.165, 1.54) is 6.33 Å². The summed E-state index contributed by atoms with van der Waals surface area (Å²) >= 11 is 0. The second-order valence-electron chi connectivity index (χ2n) is 6.08. The molecule has 3 aromatic rings. The third kappa shape index (κ3) is 4.05. The van der Waals surface area contributed by atoms with Gasteiger partial charge >= 0.3 is 0 Å². The van der Waals surface area contributed by atoms with Gasteiger partial charge in [0.1, 0.15) is 24.1 Å². The van der Waals surface area contributed by atoms with Crippen molar-refractivity contribution in [3.8, 4) is 17.0 Å². The van der Waals surface area contributed by atoms with Crippen LogP contribution in [0.25, 0.3) is 11.3 Å². The molecule has 0 aliphatic rings. The van der Waals surface area contributed by atoms with Gasteiger partial charge in [0.25, 0.3) is 5.91 Å². The molecule has 0 aliphatic carbocycles. The fourth-order valence-corrected chi connectivity index (χ4v) is 2.68. The maximum Gasteiger partial charge on any atom is 0.251 e. The number of carbonyl (C=O) groups is 1. The number of nitrogens with zero attached hydrogens (tertiary/aromatic N) is 4. The van der Waals surface area contributed by atoms with Crippen molar-refractivity contribution in [3.63, 3.8) is 0 Å². The number of methoxy groups -OCH3 is 1. The molecule has 0 unspecified atom stereocenters. The molecule has 1 atom stereocenters. The van der Waals surface area contributed by atoms with Crippen LogP contribution in [0.3, 0.4) is 0 Å². The van der Waals surface area contributed by atoms with Gasteiger partial charge in [-0.25, -0.2) is 9.97 Å². The molecule has 1 aromatic carbocycles. The number of aryl methyl sites for hydroxylation is 1. The molecule has 0 bridgehead atoms. The number of amides is 1. The largest absolute Gasteiger partial charge is 0.494 e. The average molecular weight is 351 g/mol. The molecule has 0 fully saturated rings. The van der Waals surface area contributed by atoms with Crippen LogP contribution in [0, 0.1) is 6.92 Å². The Bertz CT molecular complexity index is 893. The predicted molar refractivity (Wildman–Crippen MR) is 97.9 cm³/mol. The number of aromatic nitrogens is 4. The summed E-state index contributed by atoms with van der Waals surface area (Å²) in [6.07, 6.45) is 3.10. The fraction of sp³-hybridized carbons (Fsp3) is 0.263. The summed E-state index contributed by atoms with van der Waals surface area (Å²) < 4.78 is 7.08. The molecule has 26 heavy (non-hydrogen) atoms. The Morgan fingerprint density at radius 2 is 2.15 bits per heavy atom. The van der Waals surface area contributed by atoms with Gasteiger partial charge in [0.05, 0.1) is 13.7 Å². The predicted octanol–water partition coefficient (Wildman–Crippen LogP) is 2.48. The SMILES string of the molecule is COc1ccc(C)nc1-c1cccc(C(=O)N[C@@H](C)Cn2cncn2)c1. The minimum Gasteiger partial charge on any atom is -0.494 e. The van der Waals surface area contributed by atoms with E-state index in [1.54, 1.807) is 24.2 Å². The highest BCUT2D eigenvalue weighted by atomic mass is 16.5. The number of hydrogen-bond acceptors (Lipinski definition) is 5. The smallest absolute Gasteiger partial charge is 0.251 e. The first-order valence-electron chi connectivity index (χ1n) is 8.32.